The molecule has 0 amide bonds. The second-order valence-electron chi connectivity index (χ2n) is 7.88. The van der Waals surface area contributed by atoms with Crippen molar-refractivity contribution in [1.29, 1.82) is 0 Å². The Labute approximate surface area is 185 Å². The molecule has 0 unspecified atom stereocenters. The van der Waals surface area contributed by atoms with Gasteiger partial charge in [0.2, 0.25) is 5.79 Å². The fraction of sp³-hybridized carbons (Fsp3) is 0.391. The molecule has 0 spiro atoms. The number of nitrogens with zero attached hydrogens (tertiary/aromatic N) is 4. The van der Waals surface area contributed by atoms with Gasteiger partial charge in [-0.15, -0.1) is 0 Å². The van der Waals surface area contributed by atoms with Crippen molar-refractivity contribution < 1.29 is 13.9 Å². The van der Waals surface area contributed by atoms with Gasteiger partial charge in [0.05, 0.1) is 16.6 Å². The van der Waals surface area contributed by atoms with Crippen LogP contribution in [0.2, 0.25) is 0 Å². The van der Waals surface area contributed by atoms with Gasteiger partial charge in [-0.25, -0.2) is 4.39 Å². The second-order valence-corrected chi connectivity index (χ2v) is 8.68. The van der Waals surface area contributed by atoms with E-state index in [1.807, 2.05) is 6.07 Å². The van der Waals surface area contributed by atoms with E-state index in [0.29, 0.717) is 17.7 Å². The van der Waals surface area contributed by atoms with Gasteiger partial charge in [-0.1, -0.05) is 12.1 Å². The number of halogens is 1. The minimum atomic E-state index is -1.03. The average Bonchev–Trinajstić information content (AvgIpc) is 3.39. The average molecular weight is 441 g/mol. The Kier molecular flexibility index (Phi) is 5.47. The van der Waals surface area contributed by atoms with Crippen LogP contribution in [-0.2, 0) is 21.7 Å². The molecule has 3 aromatic rings. The highest BCUT2D eigenvalue weighted by molar-refractivity contribution is 7.13. The first-order valence-electron chi connectivity index (χ1n) is 10.4. The number of anilines is 1. The van der Waals surface area contributed by atoms with Gasteiger partial charge in [-0.05, 0) is 41.7 Å². The van der Waals surface area contributed by atoms with Crippen molar-refractivity contribution in [3.8, 4) is 0 Å². The molecule has 0 bridgehead atoms. The molecule has 162 valence electrons. The van der Waals surface area contributed by atoms with Gasteiger partial charge in [0.25, 0.3) is 0 Å². The molecular weight excluding hydrogens is 415 g/mol. The van der Waals surface area contributed by atoms with Crippen molar-refractivity contribution >= 4 is 39.3 Å². The second kappa shape index (κ2) is 8.27. The van der Waals surface area contributed by atoms with Crippen LogP contribution in [-0.4, -0.2) is 62.4 Å². The van der Waals surface area contributed by atoms with Crippen molar-refractivity contribution in [2.45, 2.75) is 12.2 Å². The summed E-state index contributed by atoms with van der Waals surface area (Å²) >= 11 is 1.55. The van der Waals surface area contributed by atoms with Crippen LogP contribution in [0.25, 0.3) is 10.1 Å². The van der Waals surface area contributed by atoms with Crippen LogP contribution in [0.15, 0.2) is 41.4 Å². The van der Waals surface area contributed by atoms with Crippen LogP contribution in [0.4, 0.5) is 15.9 Å². The van der Waals surface area contributed by atoms with E-state index in [-0.39, 0.29) is 5.82 Å². The summed E-state index contributed by atoms with van der Waals surface area (Å²) in [4.78, 5) is 9.00. The summed E-state index contributed by atoms with van der Waals surface area (Å²) in [5.74, 6) is -0.174. The highest BCUT2D eigenvalue weighted by Crippen LogP contribution is 2.39. The van der Waals surface area contributed by atoms with Gasteiger partial charge in [-0.3, -0.25) is 9.89 Å². The first-order valence-corrected chi connectivity index (χ1v) is 11.2. The first-order chi connectivity index (χ1) is 15.1. The minimum absolute atomic E-state index is 0.230. The number of hydrogen-bond acceptors (Lipinski definition) is 7. The number of methoxy groups -OCH3 is 2. The van der Waals surface area contributed by atoms with Crippen LogP contribution in [0.1, 0.15) is 11.1 Å². The molecule has 1 fully saturated rings. The van der Waals surface area contributed by atoms with Crippen molar-refractivity contribution in [2.24, 2.45) is 4.99 Å². The maximum Gasteiger partial charge on any atom is 0.234 e. The van der Waals surface area contributed by atoms with E-state index < -0.39 is 5.79 Å². The first kappa shape index (κ1) is 20.5. The summed E-state index contributed by atoms with van der Waals surface area (Å²) in [6.45, 7) is 4.51. The van der Waals surface area contributed by atoms with E-state index in [9.17, 15) is 4.39 Å². The minimum Gasteiger partial charge on any atom is -0.353 e. The molecule has 2 aromatic carbocycles. The maximum atomic E-state index is 14.7. The van der Waals surface area contributed by atoms with Crippen molar-refractivity contribution in [1.82, 2.24) is 9.27 Å². The number of aromatic nitrogens is 1. The van der Waals surface area contributed by atoms with E-state index >= 15 is 0 Å². The third kappa shape index (κ3) is 3.63. The van der Waals surface area contributed by atoms with E-state index in [0.717, 1.165) is 44.1 Å². The van der Waals surface area contributed by atoms with Crippen LogP contribution in [0.5, 0.6) is 0 Å². The number of rotatable bonds is 6. The lowest BCUT2D eigenvalue weighted by atomic mass is 10.0. The summed E-state index contributed by atoms with van der Waals surface area (Å²) in [6.07, 6.45) is 2.21. The molecule has 0 saturated carbocycles. The molecule has 3 heterocycles. The molecular formula is C23H25FN4O2S. The molecule has 6 nitrogen and oxygen atoms in total. The Balaban J connectivity index is 1.23. The third-order valence-electron chi connectivity index (χ3n) is 6.25. The third-order valence-corrected chi connectivity index (χ3v) is 7.06. The Bertz CT molecular complexity index is 1120. The van der Waals surface area contributed by atoms with E-state index in [1.165, 1.54) is 16.2 Å². The van der Waals surface area contributed by atoms with E-state index in [1.54, 1.807) is 32.0 Å². The quantitative estimate of drug-likeness (QED) is 0.543. The Morgan fingerprint density at radius 1 is 1.10 bits per heavy atom. The maximum absolute atomic E-state index is 14.7. The summed E-state index contributed by atoms with van der Waals surface area (Å²) in [5.41, 5.74) is 1.99. The van der Waals surface area contributed by atoms with Crippen LogP contribution < -0.4 is 4.90 Å². The Morgan fingerprint density at radius 3 is 2.65 bits per heavy atom. The summed E-state index contributed by atoms with van der Waals surface area (Å²) in [5, 5.41) is 1.23. The van der Waals surface area contributed by atoms with Gasteiger partial charge in [0, 0.05) is 64.0 Å². The summed E-state index contributed by atoms with van der Waals surface area (Å²) in [6, 6.07) is 11.7. The van der Waals surface area contributed by atoms with Crippen molar-refractivity contribution in [3.63, 3.8) is 0 Å². The van der Waals surface area contributed by atoms with Crippen molar-refractivity contribution in [2.75, 3.05) is 51.8 Å². The zero-order valence-corrected chi connectivity index (χ0v) is 18.5. The van der Waals surface area contributed by atoms with Gasteiger partial charge in [0.1, 0.15) is 11.6 Å². The van der Waals surface area contributed by atoms with E-state index in [4.69, 9.17) is 9.47 Å². The van der Waals surface area contributed by atoms with Crippen molar-refractivity contribution in [3.05, 3.63) is 53.3 Å². The molecule has 5 rings (SSSR count). The van der Waals surface area contributed by atoms with E-state index in [2.05, 4.69) is 43.4 Å². The monoisotopic (exact) mass is 440 g/mol. The standard InChI is InChI=1S/C23H25FN4O2S/c1-29-23(30-2)15-25-20-14-19(24)16(13-18(20)23)7-8-27-9-11-28(12-10-27)22-17-5-3-4-6-21(17)31-26-22/h3-6,13-15H,7-12H2,1-2H3. The molecule has 0 radical (unpaired) electrons. The smallest absolute Gasteiger partial charge is 0.234 e. The SMILES string of the molecule is COC1(OC)C=Nc2cc(F)c(CCN3CCN(c4nsc5ccccc45)CC3)cc21. The zero-order valence-electron chi connectivity index (χ0n) is 17.7. The molecule has 1 aromatic heterocycles. The number of aliphatic imine (C=N–C) groups is 1. The molecule has 0 atom stereocenters. The lowest BCUT2D eigenvalue weighted by Gasteiger charge is -2.35. The van der Waals surface area contributed by atoms with Crippen LogP contribution >= 0.6 is 11.5 Å². The molecule has 1 saturated heterocycles. The molecule has 0 aliphatic carbocycles. The zero-order chi connectivity index (χ0) is 21.4. The predicted molar refractivity (Wildman–Crippen MR) is 122 cm³/mol. The van der Waals surface area contributed by atoms with Gasteiger partial charge in [-0.2, -0.15) is 4.37 Å². The molecule has 0 N–H and O–H groups in total. The Morgan fingerprint density at radius 2 is 1.87 bits per heavy atom. The van der Waals surface area contributed by atoms with Gasteiger partial charge >= 0.3 is 0 Å². The summed E-state index contributed by atoms with van der Waals surface area (Å²) in [7, 11) is 3.14. The number of hydrogen-bond donors (Lipinski definition) is 0. The highest BCUT2D eigenvalue weighted by Gasteiger charge is 2.37. The van der Waals surface area contributed by atoms with Gasteiger partial charge in [0.15, 0.2) is 0 Å². The topological polar surface area (TPSA) is 50.2 Å². The van der Waals surface area contributed by atoms with Crippen LogP contribution in [0, 0.1) is 5.82 Å². The molecule has 8 heteroatoms. The molecule has 2 aliphatic rings. The highest BCUT2D eigenvalue weighted by atomic mass is 32.1. The fourth-order valence-electron chi connectivity index (χ4n) is 4.38. The normalized spacial score (nSPS) is 18.1. The number of ether oxygens (including phenoxy) is 2. The molecule has 31 heavy (non-hydrogen) atoms. The fourth-order valence-corrected chi connectivity index (χ4v) is 5.18. The Hall–Kier alpha value is -2.39. The molecule has 2 aliphatic heterocycles. The largest absolute Gasteiger partial charge is 0.353 e. The van der Waals surface area contributed by atoms with Crippen LogP contribution in [0.3, 0.4) is 0 Å². The lowest BCUT2D eigenvalue weighted by molar-refractivity contribution is -0.154. The number of benzene rings is 2. The lowest BCUT2D eigenvalue weighted by Crippen LogP contribution is -2.47. The van der Waals surface area contributed by atoms with Gasteiger partial charge < -0.3 is 14.4 Å². The predicted octanol–water partition coefficient (Wildman–Crippen LogP) is 3.96. The number of fused-ring (bicyclic) bond motifs is 2. The summed E-state index contributed by atoms with van der Waals surface area (Å²) < 4.78 is 31.6. The number of piperazine rings is 1.